The number of hydrogen-bond donors (Lipinski definition) is 2. The number of alkyl halides is 3. The first-order valence-corrected chi connectivity index (χ1v) is 6.03. The van der Waals surface area contributed by atoms with Gasteiger partial charge in [-0.05, 0) is 26.3 Å². The number of amides is 1. The Labute approximate surface area is 109 Å². The summed E-state index contributed by atoms with van der Waals surface area (Å²) in [5.74, 6) is -0.410. The topological polar surface area (TPSA) is 60.0 Å². The molecule has 0 aromatic carbocycles. The summed E-state index contributed by atoms with van der Waals surface area (Å²) in [4.78, 5) is 11.8. The molecule has 0 saturated carbocycles. The second kappa shape index (κ2) is 5.99. The van der Waals surface area contributed by atoms with E-state index in [1.807, 2.05) is 13.8 Å². The predicted molar refractivity (Wildman–Crippen MR) is 66.9 cm³/mol. The Kier molecular flexibility index (Phi) is 4.85. The molecule has 0 saturated heterocycles. The first-order valence-electron chi connectivity index (χ1n) is 6.03. The van der Waals surface area contributed by atoms with Crippen molar-refractivity contribution in [1.82, 2.24) is 9.88 Å². The maximum Gasteiger partial charge on any atom is 0.389 e. The molecular formula is C12H18F3N3O. The number of nitrogen functional groups attached to an aromatic ring is 1. The van der Waals surface area contributed by atoms with Gasteiger partial charge in [0, 0.05) is 25.2 Å². The van der Waals surface area contributed by atoms with Gasteiger partial charge >= 0.3 is 6.18 Å². The normalized spacial score (nSPS) is 11.9. The van der Waals surface area contributed by atoms with E-state index in [1.54, 1.807) is 10.8 Å². The van der Waals surface area contributed by atoms with Gasteiger partial charge in [0.25, 0.3) is 5.91 Å². The Hall–Kier alpha value is -1.66. The Bertz CT molecular complexity index is 438. The molecule has 0 radical (unpaired) electrons. The molecule has 0 aliphatic rings. The van der Waals surface area contributed by atoms with E-state index in [-0.39, 0.29) is 19.0 Å². The lowest BCUT2D eigenvalue weighted by Crippen LogP contribution is -2.28. The fraction of sp³-hybridized carbons (Fsp3) is 0.583. The molecule has 0 bridgehead atoms. The average Bonchev–Trinajstić information content (AvgIpc) is 2.65. The van der Waals surface area contributed by atoms with Crippen LogP contribution in [0.3, 0.4) is 0 Å². The molecule has 4 nitrogen and oxygen atoms in total. The molecule has 108 valence electrons. The van der Waals surface area contributed by atoms with Gasteiger partial charge in [-0.15, -0.1) is 0 Å². The molecule has 19 heavy (non-hydrogen) atoms. The number of anilines is 1. The number of halogens is 3. The van der Waals surface area contributed by atoms with Crippen LogP contribution in [-0.4, -0.2) is 23.2 Å². The standard InChI is InChI=1S/C12H18F3N3O/c1-8(2)18-7-9(16)6-10(18)11(19)17-5-3-4-12(13,14)15/h6-8H,3-5,16H2,1-2H3,(H,17,19). The Balaban J connectivity index is 2.54. The van der Waals surface area contributed by atoms with Gasteiger partial charge in [0.05, 0.1) is 5.69 Å². The highest BCUT2D eigenvalue weighted by molar-refractivity contribution is 5.93. The van der Waals surface area contributed by atoms with Crippen LogP contribution < -0.4 is 11.1 Å². The van der Waals surface area contributed by atoms with Crippen molar-refractivity contribution in [1.29, 1.82) is 0 Å². The summed E-state index contributed by atoms with van der Waals surface area (Å²) in [6.45, 7) is 3.77. The van der Waals surface area contributed by atoms with Crippen LogP contribution in [0.1, 0.15) is 43.2 Å². The van der Waals surface area contributed by atoms with Crippen molar-refractivity contribution in [2.45, 2.75) is 38.9 Å². The van der Waals surface area contributed by atoms with Crippen molar-refractivity contribution in [2.24, 2.45) is 0 Å². The fourth-order valence-electron chi connectivity index (χ4n) is 1.69. The van der Waals surface area contributed by atoms with Crippen LogP contribution in [0, 0.1) is 0 Å². The smallest absolute Gasteiger partial charge is 0.389 e. The number of rotatable bonds is 5. The zero-order chi connectivity index (χ0) is 14.6. The fourth-order valence-corrected chi connectivity index (χ4v) is 1.69. The summed E-state index contributed by atoms with van der Waals surface area (Å²) in [7, 11) is 0. The van der Waals surface area contributed by atoms with E-state index in [0.717, 1.165) is 0 Å². The van der Waals surface area contributed by atoms with Gasteiger partial charge in [0.1, 0.15) is 5.69 Å². The number of nitrogens with one attached hydrogen (secondary N) is 1. The molecule has 7 heteroatoms. The molecule has 3 N–H and O–H groups in total. The minimum Gasteiger partial charge on any atom is -0.397 e. The number of hydrogen-bond acceptors (Lipinski definition) is 2. The van der Waals surface area contributed by atoms with Crippen molar-refractivity contribution in [2.75, 3.05) is 12.3 Å². The highest BCUT2D eigenvalue weighted by Crippen LogP contribution is 2.21. The lowest BCUT2D eigenvalue weighted by molar-refractivity contribution is -0.135. The van der Waals surface area contributed by atoms with Gasteiger partial charge in [-0.2, -0.15) is 13.2 Å². The molecular weight excluding hydrogens is 259 g/mol. The van der Waals surface area contributed by atoms with Crippen molar-refractivity contribution in [3.8, 4) is 0 Å². The van der Waals surface area contributed by atoms with E-state index in [4.69, 9.17) is 5.73 Å². The van der Waals surface area contributed by atoms with E-state index in [9.17, 15) is 18.0 Å². The molecule has 0 atom stereocenters. The van der Waals surface area contributed by atoms with Crippen LogP contribution in [-0.2, 0) is 0 Å². The monoisotopic (exact) mass is 277 g/mol. The zero-order valence-electron chi connectivity index (χ0n) is 10.9. The van der Waals surface area contributed by atoms with Gasteiger partial charge in [-0.25, -0.2) is 0 Å². The first-order chi connectivity index (χ1) is 8.70. The lowest BCUT2D eigenvalue weighted by atomic mass is 10.3. The number of aromatic nitrogens is 1. The van der Waals surface area contributed by atoms with Crippen LogP contribution in [0.5, 0.6) is 0 Å². The van der Waals surface area contributed by atoms with Gasteiger partial charge < -0.3 is 15.6 Å². The van der Waals surface area contributed by atoms with E-state index < -0.39 is 18.5 Å². The van der Waals surface area contributed by atoms with Crippen LogP contribution >= 0.6 is 0 Å². The molecule has 0 spiro atoms. The van der Waals surface area contributed by atoms with Crippen molar-refractivity contribution >= 4 is 11.6 Å². The molecule has 1 heterocycles. The van der Waals surface area contributed by atoms with Crippen LogP contribution in [0.25, 0.3) is 0 Å². The minimum absolute atomic E-state index is 0.0124. The lowest BCUT2D eigenvalue weighted by Gasteiger charge is -2.12. The third-order valence-corrected chi connectivity index (χ3v) is 2.58. The van der Waals surface area contributed by atoms with E-state index in [1.165, 1.54) is 6.07 Å². The third kappa shape index (κ3) is 4.84. The second-order valence-corrected chi connectivity index (χ2v) is 4.63. The molecule has 1 aromatic heterocycles. The highest BCUT2D eigenvalue weighted by Gasteiger charge is 2.26. The van der Waals surface area contributed by atoms with E-state index in [0.29, 0.717) is 11.4 Å². The maximum atomic E-state index is 11.9. The Morgan fingerprint density at radius 3 is 2.63 bits per heavy atom. The second-order valence-electron chi connectivity index (χ2n) is 4.63. The summed E-state index contributed by atoms with van der Waals surface area (Å²) in [6, 6.07) is 1.56. The molecule has 0 aliphatic heterocycles. The number of nitrogens with zero attached hydrogens (tertiary/aromatic N) is 1. The third-order valence-electron chi connectivity index (χ3n) is 2.58. The largest absolute Gasteiger partial charge is 0.397 e. The molecule has 0 aliphatic carbocycles. The van der Waals surface area contributed by atoms with Crippen LogP contribution in [0.4, 0.5) is 18.9 Å². The quantitative estimate of drug-likeness (QED) is 0.813. The van der Waals surface area contributed by atoms with Gasteiger partial charge in [0.2, 0.25) is 0 Å². The maximum absolute atomic E-state index is 11.9. The summed E-state index contributed by atoms with van der Waals surface area (Å²) >= 11 is 0. The van der Waals surface area contributed by atoms with E-state index in [2.05, 4.69) is 5.32 Å². The number of carbonyl (C=O) groups is 1. The number of carbonyl (C=O) groups excluding carboxylic acids is 1. The van der Waals surface area contributed by atoms with Gasteiger partial charge in [-0.3, -0.25) is 4.79 Å². The van der Waals surface area contributed by atoms with Gasteiger partial charge in [-0.1, -0.05) is 0 Å². The summed E-state index contributed by atoms with van der Waals surface area (Å²) in [5.41, 5.74) is 6.43. The average molecular weight is 277 g/mol. The van der Waals surface area contributed by atoms with Gasteiger partial charge in [0.15, 0.2) is 0 Å². The molecule has 0 fully saturated rings. The molecule has 0 unspecified atom stereocenters. The zero-order valence-corrected chi connectivity index (χ0v) is 10.9. The summed E-state index contributed by atoms with van der Waals surface area (Å²) in [5, 5.41) is 2.46. The molecule has 1 amide bonds. The summed E-state index contributed by atoms with van der Waals surface area (Å²) in [6.07, 6.45) is -3.59. The van der Waals surface area contributed by atoms with E-state index >= 15 is 0 Å². The SMILES string of the molecule is CC(C)n1cc(N)cc1C(=O)NCCCC(F)(F)F. The summed E-state index contributed by atoms with van der Waals surface area (Å²) < 4.78 is 37.5. The highest BCUT2D eigenvalue weighted by atomic mass is 19.4. The van der Waals surface area contributed by atoms with Crippen molar-refractivity contribution < 1.29 is 18.0 Å². The molecule has 1 aromatic rings. The molecule has 1 rings (SSSR count). The van der Waals surface area contributed by atoms with Crippen molar-refractivity contribution in [3.63, 3.8) is 0 Å². The van der Waals surface area contributed by atoms with Crippen LogP contribution in [0.15, 0.2) is 12.3 Å². The first kappa shape index (κ1) is 15.4. The number of nitrogens with two attached hydrogens (primary N) is 1. The minimum atomic E-state index is -4.19. The van der Waals surface area contributed by atoms with Crippen LogP contribution in [0.2, 0.25) is 0 Å². The Morgan fingerprint density at radius 1 is 1.47 bits per heavy atom. The van der Waals surface area contributed by atoms with Crippen molar-refractivity contribution in [3.05, 3.63) is 18.0 Å². The predicted octanol–water partition coefficient (Wildman–Crippen LogP) is 2.72. The Morgan fingerprint density at radius 2 is 2.11 bits per heavy atom.